The van der Waals surface area contributed by atoms with E-state index in [1.54, 1.807) is 11.0 Å². The van der Waals surface area contributed by atoms with Gasteiger partial charge in [-0.1, -0.05) is 24.2 Å². The number of hydrogen-bond acceptors (Lipinski definition) is 3. The van der Waals surface area contributed by atoms with Crippen LogP contribution in [-0.4, -0.2) is 42.2 Å². The molecule has 0 spiro atoms. The summed E-state index contributed by atoms with van der Waals surface area (Å²) in [5.41, 5.74) is 0.648. The van der Waals surface area contributed by atoms with E-state index < -0.39 is 17.8 Å². The summed E-state index contributed by atoms with van der Waals surface area (Å²) in [5.74, 6) is -1.36. The van der Waals surface area contributed by atoms with Gasteiger partial charge in [0.05, 0.1) is 19.3 Å². The highest BCUT2D eigenvalue weighted by Crippen LogP contribution is 2.36. The van der Waals surface area contributed by atoms with Crippen molar-refractivity contribution < 1.29 is 13.9 Å². The second-order valence-corrected chi connectivity index (χ2v) is 6.47. The maximum Gasteiger partial charge on any atom is 0.234 e. The fraction of sp³-hybridized carbons (Fsp3) is 0.375. The highest BCUT2D eigenvalue weighted by molar-refractivity contribution is 7.80. The molecule has 0 radical (unpaired) electrons. The largest absolute Gasteiger partial charge is 0.378 e. The molecule has 0 saturated carbocycles. The van der Waals surface area contributed by atoms with Crippen molar-refractivity contribution in [2.45, 2.75) is 6.04 Å². The molecule has 2 atom stereocenters. The van der Waals surface area contributed by atoms with Crippen LogP contribution >= 0.6 is 23.8 Å². The summed E-state index contributed by atoms with van der Waals surface area (Å²) >= 11 is 11.3. The van der Waals surface area contributed by atoms with Crippen LogP contribution < -0.4 is 10.6 Å². The van der Waals surface area contributed by atoms with Crippen LogP contribution in [0.25, 0.3) is 0 Å². The van der Waals surface area contributed by atoms with Crippen LogP contribution in [0.15, 0.2) is 30.5 Å². The van der Waals surface area contributed by atoms with Gasteiger partial charge in [-0.05, 0) is 24.4 Å². The maximum absolute atomic E-state index is 14.4. The number of morpholine rings is 1. The average molecular weight is 370 g/mol. The lowest BCUT2D eigenvalue weighted by molar-refractivity contribution is -0.139. The Kier molecular flexibility index (Phi) is 5.03. The van der Waals surface area contributed by atoms with Gasteiger partial charge in [-0.15, -0.1) is 0 Å². The van der Waals surface area contributed by atoms with Crippen LogP contribution in [0, 0.1) is 11.7 Å². The van der Waals surface area contributed by atoms with Crippen molar-refractivity contribution in [1.29, 1.82) is 0 Å². The molecule has 2 N–H and O–H groups in total. The molecule has 2 aliphatic heterocycles. The molecule has 3 rings (SSSR count). The minimum Gasteiger partial charge on any atom is -0.378 e. The first-order valence-corrected chi connectivity index (χ1v) is 8.34. The van der Waals surface area contributed by atoms with Gasteiger partial charge in [0.2, 0.25) is 5.91 Å². The molecule has 2 fully saturated rings. The molecule has 1 aromatic carbocycles. The van der Waals surface area contributed by atoms with E-state index in [0.717, 1.165) is 0 Å². The highest BCUT2D eigenvalue weighted by Gasteiger charge is 2.41. The lowest BCUT2D eigenvalue weighted by Crippen LogP contribution is -2.55. The number of carbonyl (C=O) groups is 1. The number of nitrogens with zero attached hydrogens (tertiary/aromatic N) is 1. The summed E-state index contributed by atoms with van der Waals surface area (Å²) in [6.07, 6.45) is 0. The predicted octanol–water partition coefficient (Wildman–Crippen LogP) is 1.99. The Hall–Kier alpha value is -1.70. The van der Waals surface area contributed by atoms with Crippen LogP contribution in [0.4, 0.5) is 4.39 Å². The molecule has 5 nitrogen and oxygen atoms in total. The molecule has 128 valence electrons. The SMILES string of the molecule is C=C1NC(=S)N[C@@H](c2c(F)cccc2Cl)[C@H]1C(=O)N1CCOCC1. The zero-order chi connectivity index (χ0) is 17.3. The van der Waals surface area contributed by atoms with Crippen LogP contribution in [0.2, 0.25) is 5.02 Å². The topological polar surface area (TPSA) is 53.6 Å². The summed E-state index contributed by atoms with van der Waals surface area (Å²) in [6.45, 7) is 5.86. The maximum atomic E-state index is 14.4. The summed E-state index contributed by atoms with van der Waals surface area (Å²) in [6, 6.07) is 3.71. The van der Waals surface area contributed by atoms with Crippen molar-refractivity contribution in [1.82, 2.24) is 15.5 Å². The van der Waals surface area contributed by atoms with Crippen LogP contribution in [0.1, 0.15) is 11.6 Å². The number of halogens is 2. The Balaban J connectivity index is 1.98. The molecular weight excluding hydrogens is 353 g/mol. The van der Waals surface area contributed by atoms with E-state index in [2.05, 4.69) is 17.2 Å². The summed E-state index contributed by atoms with van der Waals surface area (Å²) in [7, 11) is 0. The van der Waals surface area contributed by atoms with Gasteiger partial charge >= 0.3 is 0 Å². The predicted molar refractivity (Wildman–Crippen MR) is 93.0 cm³/mol. The summed E-state index contributed by atoms with van der Waals surface area (Å²) in [4.78, 5) is 14.7. The third-order valence-corrected chi connectivity index (χ3v) is 4.72. The minimum atomic E-state index is -0.718. The van der Waals surface area contributed by atoms with Crippen molar-refractivity contribution >= 4 is 34.8 Å². The van der Waals surface area contributed by atoms with Crippen molar-refractivity contribution in [3.05, 3.63) is 46.9 Å². The Morgan fingerprint density at radius 2 is 2.12 bits per heavy atom. The van der Waals surface area contributed by atoms with Gasteiger partial charge in [0.1, 0.15) is 11.7 Å². The third kappa shape index (κ3) is 3.24. The lowest BCUT2D eigenvalue weighted by atomic mass is 9.87. The number of amides is 1. The highest BCUT2D eigenvalue weighted by atomic mass is 35.5. The van der Waals surface area contributed by atoms with E-state index in [1.165, 1.54) is 12.1 Å². The van der Waals surface area contributed by atoms with Gasteiger partial charge in [0, 0.05) is 29.4 Å². The van der Waals surface area contributed by atoms with Crippen LogP contribution in [-0.2, 0) is 9.53 Å². The molecule has 2 heterocycles. The number of ether oxygens (including phenoxy) is 1. The van der Waals surface area contributed by atoms with E-state index in [-0.39, 0.29) is 21.6 Å². The summed E-state index contributed by atoms with van der Waals surface area (Å²) in [5, 5.41) is 6.37. The Morgan fingerprint density at radius 1 is 1.42 bits per heavy atom. The van der Waals surface area contributed by atoms with Gasteiger partial charge in [0.15, 0.2) is 5.11 Å². The normalized spacial score (nSPS) is 24.3. The monoisotopic (exact) mass is 369 g/mol. The van der Waals surface area contributed by atoms with Crippen molar-refractivity contribution in [2.75, 3.05) is 26.3 Å². The molecule has 1 aromatic rings. The fourth-order valence-electron chi connectivity index (χ4n) is 3.00. The molecule has 2 saturated heterocycles. The number of carbonyl (C=O) groups excluding carboxylic acids is 1. The quantitative estimate of drug-likeness (QED) is 0.781. The molecular formula is C16H17ClFN3O2S. The van der Waals surface area contributed by atoms with Crippen LogP contribution in [0.5, 0.6) is 0 Å². The minimum absolute atomic E-state index is 0.157. The zero-order valence-electron chi connectivity index (χ0n) is 12.9. The molecule has 0 bridgehead atoms. The Bertz CT molecular complexity index is 674. The van der Waals surface area contributed by atoms with Gasteiger partial charge < -0.3 is 20.3 Å². The molecule has 0 unspecified atom stereocenters. The number of hydrogen-bond donors (Lipinski definition) is 2. The molecule has 1 amide bonds. The van der Waals surface area contributed by atoms with Crippen molar-refractivity contribution in [2.24, 2.45) is 5.92 Å². The van der Waals surface area contributed by atoms with Gasteiger partial charge in [0.25, 0.3) is 0 Å². The third-order valence-electron chi connectivity index (χ3n) is 4.17. The van der Waals surface area contributed by atoms with Crippen molar-refractivity contribution in [3.8, 4) is 0 Å². The fourth-order valence-corrected chi connectivity index (χ4v) is 3.54. The second kappa shape index (κ2) is 7.04. The molecule has 24 heavy (non-hydrogen) atoms. The smallest absolute Gasteiger partial charge is 0.234 e. The molecule has 2 aliphatic rings. The van der Waals surface area contributed by atoms with Gasteiger partial charge in [-0.3, -0.25) is 4.79 Å². The zero-order valence-corrected chi connectivity index (χ0v) is 14.4. The first-order chi connectivity index (χ1) is 11.5. The van der Waals surface area contributed by atoms with E-state index in [4.69, 9.17) is 28.6 Å². The first kappa shape index (κ1) is 17.1. The average Bonchev–Trinajstić information content (AvgIpc) is 2.54. The molecule has 0 aromatic heterocycles. The summed E-state index contributed by atoms with van der Waals surface area (Å²) < 4.78 is 19.7. The number of rotatable bonds is 2. The molecule has 0 aliphatic carbocycles. The second-order valence-electron chi connectivity index (χ2n) is 5.65. The van der Waals surface area contributed by atoms with Gasteiger partial charge in [-0.2, -0.15) is 0 Å². The van der Waals surface area contributed by atoms with Gasteiger partial charge in [-0.25, -0.2) is 4.39 Å². The standard InChI is InChI=1S/C16H17ClFN3O2S/c1-9-12(15(22)21-5-7-23-8-6-21)14(20-16(24)19-9)13-10(17)3-2-4-11(13)18/h2-4,12,14H,1,5-8H2,(H2,19,20,24)/t12-,14+/m0/s1. The van der Waals surface area contributed by atoms with Crippen LogP contribution in [0.3, 0.4) is 0 Å². The van der Waals surface area contributed by atoms with E-state index in [1.807, 2.05) is 0 Å². The Labute approximate surface area is 149 Å². The van der Waals surface area contributed by atoms with E-state index in [0.29, 0.717) is 32.0 Å². The number of thiocarbonyl (C=S) groups is 1. The number of nitrogens with one attached hydrogen (secondary N) is 2. The molecule has 8 heteroatoms. The van der Waals surface area contributed by atoms with Crippen molar-refractivity contribution in [3.63, 3.8) is 0 Å². The van der Waals surface area contributed by atoms with E-state index >= 15 is 0 Å². The lowest BCUT2D eigenvalue weighted by Gasteiger charge is -2.39. The first-order valence-electron chi connectivity index (χ1n) is 7.56. The van der Waals surface area contributed by atoms with E-state index in [9.17, 15) is 9.18 Å². The Morgan fingerprint density at radius 3 is 2.79 bits per heavy atom. The number of benzene rings is 1.